The maximum Gasteiger partial charge on any atom is 0.227 e. The molecule has 152 valence electrons. The molecular weight excluding hydrogens is 430 g/mol. The Kier molecular flexibility index (Phi) is 6.19. The van der Waals surface area contributed by atoms with Crippen LogP contribution in [0, 0.1) is 11.8 Å². The van der Waals surface area contributed by atoms with Crippen molar-refractivity contribution in [2.45, 2.75) is 25.7 Å². The fourth-order valence-electron chi connectivity index (χ4n) is 4.20. The second-order valence-electron chi connectivity index (χ2n) is 7.97. The Bertz CT molecular complexity index is 901. The third-order valence-electron chi connectivity index (χ3n) is 5.88. The van der Waals surface area contributed by atoms with E-state index >= 15 is 0 Å². The third kappa shape index (κ3) is 4.99. The molecule has 2 atom stereocenters. The van der Waals surface area contributed by atoms with Gasteiger partial charge in [0.1, 0.15) is 0 Å². The van der Waals surface area contributed by atoms with Gasteiger partial charge in [-0.3, -0.25) is 9.59 Å². The molecule has 2 unspecified atom stereocenters. The van der Waals surface area contributed by atoms with Crippen LogP contribution in [0.3, 0.4) is 0 Å². The van der Waals surface area contributed by atoms with Gasteiger partial charge in [0.05, 0.1) is 0 Å². The molecule has 1 fully saturated rings. The molecule has 0 aliphatic carbocycles. The lowest BCUT2D eigenvalue weighted by Crippen LogP contribution is -2.33. The molecule has 4 rings (SSSR count). The largest absolute Gasteiger partial charge is 0.371 e. The average Bonchev–Trinajstić information content (AvgIpc) is 3.20. The molecule has 2 N–H and O–H groups in total. The molecule has 2 heterocycles. The van der Waals surface area contributed by atoms with Gasteiger partial charge >= 0.3 is 0 Å². The van der Waals surface area contributed by atoms with Gasteiger partial charge in [0.2, 0.25) is 11.8 Å². The van der Waals surface area contributed by atoms with Crippen LogP contribution >= 0.6 is 15.9 Å². The van der Waals surface area contributed by atoms with Gasteiger partial charge < -0.3 is 15.5 Å². The quantitative estimate of drug-likeness (QED) is 0.692. The van der Waals surface area contributed by atoms with E-state index in [1.807, 2.05) is 36.4 Å². The number of para-hydroxylation sites is 1. The van der Waals surface area contributed by atoms with E-state index in [9.17, 15) is 9.59 Å². The Morgan fingerprint density at radius 3 is 2.93 bits per heavy atom. The number of rotatable bonds is 6. The summed E-state index contributed by atoms with van der Waals surface area (Å²) >= 11 is 3.53. The van der Waals surface area contributed by atoms with E-state index in [4.69, 9.17) is 0 Å². The second kappa shape index (κ2) is 8.99. The molecule has 2 aromatic carbocycles. The van der Waals surface area contributed by atoms with Crippen LogP contribution in [-0.2, 0) is 16.0 Å². The van der Waals surface area contributed by atoms with E-state index in [1.54, 1.807) is 0 Å². The summed E-state index contributed by atoms with van der Waals surface area (Å²) in [7, 11) is 0. The minimum Gasteiger partial charge on any atom is -0.371 e. The smallest absolute Gasteiger partial charge is 0.227 e. The maximum atomic E-state index is 12.3. The second-order valence-corrected chi connectivity index (χ2v) is 8.89. The van der Waals surface area contributed by atoms with Crippen molar-refractivity contribution in [1.29, 1.82) is 0 Å². The first-order chi connectivity index (χ1) is 14.1. The first-order valence-corrected chi connectivity index (χ1v) is 11.0. The predicted molar refractivity (Wildman–Crippen MR) is 119 cm³/mol. The molecule has 0 saturated carbocycles. The maximum absolute atomic E-state index is 12.3. The molecule has 0 bridgehead atoms. The summed E-state index contributed by atoms with van der Waals surface area (Å²) in [5.74, 6) is 0.395. The standard InChI is InChI=1S/C23H26BrN3O2/c24-19-5-3-6-20(13-19)27-11-10-16(15-27)14-25-22(28)9-8-18-12-17-4-1-2-7-21(17)26-23(18)29/h1-7,13,16,18H,8-12,14-15H2,(H,25,28)(H,26,29). The number of amides is 2. The van der Waals surface area contributed by atoms with E-state index in [1.165, 1.54) is 5.69 Å². The molecule has 1 saturated heterocycles. The van der Waals surface area contributed by atoms with Crippen molar-refractivity contribution in [2.24, 2.45) is 11.8 Å². The van der Waals surface area contributed by atoms with Gasteiger partial charge in [0, 0.05) is 47.8 Å². The lowest BCUT2D eigenvalue weighted by atomic mass is 9.89. The van der Waals surface area contributed by atoms with Gasteiger partial charge in [-0.05, 0) is 55.0 Å². The number of carbonyl (C=O) groups excluding carboxylic acids is 2. The molecule has 2 aliphatic heterocycles. The van der Waals surface area contributed by atoms with E-state index in [0.29, 0.717) is 31.7 Å². The van der Waals surface area contributed by atoms with Crippen molar-refractivity contribution in [1.82, 2.24) is 5.32 Å². The number of hydrogen-bond acceptors (Lipinski definition) is 3. The van der Waals surface area contributed by atoms with E-state index < -0.39 is 0 Å². The number of carbonyl (C=O) groups is 2. The van der Waals surface area contributed by atoms with Gasteiger partial charge in [0.25, 0.3) is 0 Å². The van der Waals surface area contributed by atoms with E-state index in [2.05, 4.69) is 43.6 Å². The fraction of sp³-hybridized carbons (Fsp3) is 0.391. The van der Waals surface area contributed by atoms with Gasteiger partial charge in [0.15, 0.2) is 0 Å². The first kappa shape index (κ1) is 20.0. The lowest BCUT2D eigenvalue weighted by molar-refractivity contribution is -0.122. The molecule has 2 aromatic rings. The van der Waals surface area contributed by atoms with Crippen LogP contribution in [0.4, 0.5) is 11.4 Å². The summed E-state index contributed by atoms with van der Waals surface area (Å²) in [6, 6.07) is 16.2. The van der Waals surface area contributed by atoms with Crippen LogP contribution in [0.15, 0.2) is 53.0 Å². The molecule has 6 heteroatoms. The van der Waals surface area contributed by atoms with Gasteiger partial charge in [-0.2, -0.15) is 0 Å². The van der Waals surface area contributed by atoms with Crippen LogP contribution in [0.2, 0.25) is 0 Å². The van der Waals surface area contributed by atoms with Crippen LogP contribution in [0.25, 0.3) is 0 Å². The van der Waals surface area contributed by atoms with Gasteiger partial charge in [-0.25, -0.2) is 0 Å². The monoisotopic (exact) mass is 455 g/mol. The highest BCUT2D eigenvalue weighted by Gasteiger charge is 2.27. The SMILES string of the molecule is O=C(CCC1Cc2ccccc2NC1=O)NCC1CCN(c2cccc(Br)c2)C1. The van der Waals surface area contributed by atoms with Crippen LogP contribution in [-0.4, -0.2) is 31.4 Å². The summed E-state index contributed by atoms with van der Waals surface area (Å²) in [5.41, 5.74) is 3.27. The van der Waals surface area contributed by atoms with E-state index in [0.717, 1.165) is 35.2 Å². The molecule has 2 aliphatic rings. The van der Waals surface area contributed by atoms with Crippen molar-refractivity contribution >= 4 is 39.1 Å². The molecule has 2 amide bonds. The zero-order valence-corrected chi connectivity index (χ0v) is 18.0. The topological polar surface area (TPSA) is 61.4 Å². The highest BCUT2D eigenvalue weighted by Crippen LogP contribution is 2.28. The van der Waals surface area contributed by atoms with Crippen LogP contribution < -0.4 is 15.5 Å². The average molecular weight is 456 g/mol. The Balaban J connectivity index is 1.21. The number of nitrogens with one attached hydrogen (secondary N) is 2. The molecule has 29 heavy (non-hydrogen) atoms. The summed E-state index contributed by atoms with van der Waals surface area (Å²) in [6.45, 7) is 2.67. The summed E-state index contributed by atoms with van der Waals surface area (Å²) in [6.07, 6.45) is 2.76. The predicted octanol–water partition coefficient (Wildman–Crippen LogP) is 3.98. The number of fused-ring (bicyclic) bond motifs is 1. The van der Waals surface area contributed by atoms with E-state index in [-0.39, 0.29) is 17.7 Å². The molecule has 0 radical (unpaired) electrons. The first-order valence-electron chi connectivity index (χ1n) is 10.2. The number of benzene rings is 2. The highest BCUT2D eigenvalue weighted by atomic mass is 79.9. The van der Waals surface area contributed by atoms with Crippen molar-refractivity contribution in [3.63, 3.8) is 0 Å². The summed E-state index contributed by atoms with van der Waals surface area (Å²) in [4.78, 5) is 27.0. The Labute approximate surface area is 180 Å². The van der Waals surface area contributed by atoms with Gasteiger partial charge in [-0.15, -0.1) is 0 Å². The number of nitrogens with zero attached hydrogens (tertiary/aromatic N) is 1. The Morgan fingerprint density at radius 2 is 2.07 bits per heavy atom. The molecule has 5 nitrogen and oxygen atoms in total. The van der Waals surface area contributed by atoms with Crippen LogP contribution in [0.5, 0.6) is 0 Å². The fourth-order valence-corrected chi connectivity index (χ4v) is 4.59. The normalized spacial score (nSPS) is 20.9. The lowest BCUT2D eigenvalue weighted by Gasteiger charge is -2.24. The summed E-state index contributed by atoms with van der Waals surface area (Å²) < 4.78 is 1.08. The van der Waals surface area contributed by atoms with Crippen molar-refractivity contribution in [3.8, 4) is 0 Å². The van der Waals surface area contributed by atoms with Crippen molar-refractivity contribution in [3.05, 3.63) is 58.6 Å². The van der Waals surface area contributed by atoms with Crippen LogP contribution in [0.1, 0.15) is 24.8 Å². The Hall–Kier alpha value is -2.34. The zero-order chi connectivity index (χ0) is 20.2. The van der Waals surface area contributed by atoms with Gasteiger partial charge in [-0.1, -0.05) is 40.2 Å². The molecule has 0 spiro atoms. The number of anilines is 2. The zero-order valence-electron chi connectivity index (χ0n) is 16.4. The van der Waals surface area contributed by atoms with Crippen molar-refractivity contribution < 1.29 is 9.59 Å². The third-order valence-corrected chi connectivity index (χ3v) is 6.37. The number of hydrogen-bond donors (Lipinski definition) is 2. The van der Waals surface area contributed by atoms with Crippen molar-refractivity contribution in [2.75, 3.05) is 29.9 Å². The highest BCUT2D eigenvalue weighted by molar-refractivity contribution is 9.10. The number of halogens is 1. The Morgan fingerprint density at radius 1 is 1.21 bits per heavy atom. The summed E-state index contributed by atoms with van der Waals surface area (Å²) in [5, 5.41) is 6.03. The molecule has 0 aromatic heterocycles. The minimum absolute atomic E-state index is 0.0250. The molecular formula is C23H26BrN3O2. The minimum atomic E-state index is -0.130.